The Morgan fingerprint density at radius 3 is 1.11 bits per heavy atom. The van der Waals surface area contributed by atoms with E-state index in [0.29, 0.717) is 0 Å². The molecule has 0 bridgehead atoms. The monoisotopic (exact) mass is 666 g/mol. The molecule has 0 aliphatic carbocycles. The maximum absolute atomic E-state index is 10.9. The highest BCUT2D eigenvalue weighted by molar-refractivity contribution is 4.97. The summed E-state index contributed by atoms with van der Waals surface area (Å²) in [4.78, 5) is 0. The summed E-state index contributed by atoms with van der Waals surface area (Å²) in [5.41, 5.74) is 0. The summed E-state index contributed by atoms with van der Waals surface area (Å²) in [5, 5.41) is 142. The molecule has 4 saturated heterocycles. The van der Waals surface area contributed by atoms with Crippen molar-refractivity contribution in [1.29, 1.82) is 0 Å². The third kappa shape index (κ3) is 7.44. The molecule has 4 aliphatic rings. The minimum atomic E-state index is -2.02. The van der Waals surface area contributed by atoms with Gasteiger partial charge in [0.1, 0.15) is 97.7 Å². The SMILES string of the molecule is OC[C@H]1O[C@@H](O[C@H]2[C@H](O)[C@@H](O)[C@H](O[C@H]3[C@H](O)[C@@H](O)[C@H](O[C@@H]4[C@@H](O)[C@H](O)O[C@H](CO)[C@H]4O)O[C@@H]3CO)O[C@@H]2CO)[C@H](O)[C@@H](O)[C@@H]1O. The van der Waals surface area contributed by atoms with Crippen LogP contribution in [0.15, 0.2) is 0 Å². The normalized spacial score (nSPS) is 52.9. The van der Waals surface area contributed by atoms with Gasteiger partial charge in [-0.3, -0.25) is 0 Å². The van der Waals surface area contributed by atoms with Crippen LogP contribution in [0.4, 0.5) is 0 Å². The van der Waals surface area contributed by atoms with Gasteiger partial charge in [0.25, 0.3) is 0 Å². The van der Waals surface area contributed by atoms with E-state index in [2.05, 4.69) is 0 Å². The molecule has 0 saturated carbocycles. The number of hydrogen-bond donors (Lipinski definition) is 14. The zero-order chi connectivity index (χ0) is 33.3. The highest BCUT2D eigenvalue weighted by atomic mass is 16.8. The van der Waals surface area contributed by atoms with E-state index in [1.54, 1.807) is 0 Å². The summed E-state index contributed by atoms with van der Waals surface area (Å²) < 4.78 is 37.5. The molecule has 45 heavy (non-hydrogen) atoms. The van der Waals surface area contributed by atoms with Gasteiger partial charge in [-0.1, -0.05) is 0 Å². The minimum absolute atomic E-state index is 0.782. The average Bonchev–Trinajstić information content (AvgIpc) is 3.03. The van der Waals surface area contributed by atoms with Crippen LogP contribution < -0.4 is 0 Å². The van der Waals surface area contributed by atoms with Gasteiger partial charge < -0.3 is 105 Å². The van der Waals surface area contributed by atoms with E-state index in [1.165, 1.54) is 0 Å². The molecule has 0 spiro atoms. The van der Waals surface area contributed by atoms with Crippen molar-refractivity contribution >= 4 is 0 Å². The van der Waals surface area contributed by atoms with Gasteiger partial charge >= 0.3 is 0 Å². The van der Waals surface area contributed by atoms with Gasteiger partial charge in [-0.15, -0.1) is 0 Å². The predicted octanol–water partition coefficient (Wildman–Crippen LogP) is -9.75. The van der Waals surface area contributed by atoms with Crippen LogP contribution >= 0.6 is 0 Å². The predicted molar refractivity (Wildman–Crippen MR) is 134 cm³/mol. The van der Waals surface area contributed by atoms with Gasteiger partial charge in [0.15, 0.2) is 25.2 Å². The first kappa shape index (κ1) is 37.0. The Morgan fingerprint density at radius 1 is 0.333 bits per heavy atom. The van der Waals surface area contributed by atoms with Crippen LogP contribution in [0.3, 0.4) is 0 Å². The van der Waals surface area contributed by atoms with Crippen LogP contribution in [0.1, 0.15) is 0 Å². The summed E-state index contributed by atoms with van der Waals surface area (Å²) in [5.74, 6) is 0. The zero-order valence-corrected chi connectivity index (χ0v) is 23.5. The van der Waals surface area contributed by atoms with E-state index in [0.717, 1.165) is 0 Å². The molecule has 4 heterocycles. The van der Waals surface area contributed by atoms with Crippen LogP contribution in [0.2, 0.25) is 0 Å². The molecule has 21 nitrogen and oxygen atoms in total. The molecule has 0 aromatic carbocycles. The van der Waals surface area contributed by atoms with Crippen LogP contribution in [0.5, 0.6) is 0 Å². The molecule has 21 heteroatoms. The van der Waals surface area contributed by atoms with Gasteiger partial charge in [-0.25, -0.2) is 0 Å². The molecular weight excluding hydrogens is 624 g/mol. The molecule has 20 atom stereocenters. The van der Waals surface area contributed by atoms with Crippen molar-refractivity contribution in [3.8, 4) is 0 Å². The first-order valence-electron chi connectivity index (χ1n) is 14.1. The zero-order valence-electron chi connectivity index (χ0n) is 23.5. The highest BCUT2D eigenvalue weighted by Gasteiger charge is 2.55. The molecule has 4 fully saturated rings. The van der Waals surface area contributed by atoms with Crippen molar-refractivity contribution in [3.63, 3.8) is 0 Å². The lowest BCUT2D eigenvalue weighted by molar-refractivity contribution is -0.387. The third-order valence-corrected chi connectivity index (χ3v) is 8.20. The van der Waals surface area contributed by atoms with Gasteiger partial charge in [0, 0.05) is 0 Å². The Morgan fingerprint density at radius 2 is 0.689 bits per heavy atom. The third-order valence-electron chi connectivity index (χ3n) is 8.20. The second-order valence-electron chi connectivity index (χ2n) is 11.1. The molecular formula is C24H42O21. The standard InChI is InChI=1S/C24H42O21/c25-1-5-9(29)11(31)14(34)22(40-5)43-18-7(3-27)41-23(15(35)12(18)32)44-19-8(4-28)42-24(16(36)13(19)33)45-20-10(30)6(2-26)39-21(38)17(20)37/h5-38H,1-4H2/t5-,6-,7-,8-,9-,10-,11+,12-,13-,14-,15-,16-,17-,18-,19-,20+,21-,22+,23+,24+/m1/s1. The van der Waals surface area contributed by atoms with Crippen LogP contribution in [-0.2, 0) is 33.2 Å². The molecule has 0 aromatic rings. The van der Waals surface area contributed by atoms with Crippen molar-refractivity contribution in [1.82, 2.24) is 0 Å². The van der Waals surface area contributed by atoms with Gasteiger partial charge in [-0.05, 0) is 0 Å². The smallest absolute Gasteiger partial charge is 0.187 e. The Balaban J connectivity index is 1.43. The van der Waals surface area contributed by atoms with Crippen molar-refractivity contribution in [2.24, 2.45) is 0 Å². The Labute approximate surface area is 254 Å². The fourth-order valence-electron chi connectivity index (χ4n) is 5.54. The van der Waals surface area contributed by atoms with Crippen LogP contribution in [-0.4, -0.2) is 221 Å². The molecule has 0 aromatic heterocycles. The Hall–Kier alpha value is -0.840. The Kier molecular flexibility index (Phi) is 12.8. The van der Waals surface area contributed by atoms with Crippen molar-refractivity contribution in [3.05, 3.63) is 0 Å². The van der Waals surface area contributed by atoms with Gasteiger partial charge in [0.05, 0.1) is 26.4 Å². The number of aliphatic hydroxyl groups is 14. The topological polar surface area (TPSA) is 348 Å². The summed E-state index contributed by atoms with van der Waals surface area (Å²) in [6.07, 6.45) is -35.4. The fourth-order valence-corrected chi connectivity index (χ4v) is 5.54. The molecule has 0 amide bonds. The summed E-state index contributed by atoms with van der Waals surface area (Å²) in [7, 11) is 0. The lowest BCUT2D eigenvalue weighted by Gasteiger charge is -2.48. The maximum Gasteiger partial charge on any atom is 0.187 e. The van der Waals surface area contributed by atoms with E-state index in [9.17, 15) is 71.5 Å². The van der Waals surface area contributed by atoms with Gasteiger partial charge in [-0.2, -0.15) is 0 Å². The number of ether oxygens (including phenoxy) is 7. The van der Waals surface area contributed by atoms with E-state index >= 15 is 0 Å². The van der Waals surface area contributed by atoms with Crippen LogP contribution in [0.25, 0.3) is 0 Å². The summed E-state index contributed by atoms with van der Waals surface area (Å²) >= 11 is 0. The van der Waals surface area contributed by atoms with Crippen LogP contribution in [0, 0.1) is 0 Å². The quantitative estimate of drug-likeness (QED) is 0.103. The molecule has 4 rings (SSSR count). The van der Waals surface area contributed by atoms with E-state index in [-0.39, 0.29) is 0 Å². The lowest BCUT2D eigenvalue weighted by Crippen LogP contribution is -2.67. The lowest BCUT2D eigenvalue weighted by atomic mass is 9.95. The van der Waals surface area contributed by atoms with Crippen molar-refractivity contribution in [2.45, 2.75) is 123 Å². The fraction of sp³-hybridized carbons (Fsp3) is 1.00. The first-order chi connectivity index (χ1) is 21.3. The second-order valence-corrected chi connectivity index (χ2v) is 11.1. The van der Waals surface area contributed by atoms with E-state index < -0.39 is 149 Å². The number of rotatable bonds is 10. The number of aliphatic hydroxyl groups excluding tert-OH is 14. The highest BCUT2D eigenvalue weighted by Crippen LogP contribution is 2.34. The Bertz CT molecular complexity index is 912. The van der Waals surface area contributed by atoms with E-state index in [4.69, 9.17) is 33.2 Å². The summed E-state index contributed by atoms with van der Waals surface area (Å²) in [6.45, 7) is -3.37. The van der Waals surface area contributed by atoms with Crippen molar-refractivity contribution in [2.75, 3.05) is 26.4 Å². The van der Waals surface area contributed by atoms with E-state index in [1.807, 2.05) is 0 Å². The number of hydrogen-bond acceptors (Lipinski definition) is 21. The molecule has 14 N–H and O–H groups in total. The van der Waals surface area contributed by atoms with Gasteiger partial charge in [0.2, 0.25) is 0 Å². The molecule has 264 valence electrons. The first-order valence-corrected chi connectivity index (χ1v) is 14.1. The van der Waals surface area contributed by atoms with Crippen molar-refractivity contribution < 1.29 is 105 Å². The average molecular weight is 667 g/mol. The second kappa shape index (κ2) is 15.6. The largest absolute Gasteiger partial charge is 0.394 e. The molecule has 0 radical (unpaired) electrons. The minimum Gasteiger partial charge on any atom is -0.394 e. The summed E-state index contributed by atoms with van der Waals surface area (Å²) in [6, 6.07) is 0. The molecule has 4 aliphatic heterocycles. The maximum atomic E-state index is 10.9. The molecule has 0 unspecified atom stereocenters.